The minimum Gasteiger partial charge on any atom is -1.00 e. The Labute approximate surface area is 218 Å². The van der Waals surface area contributed by atoms with Crippen molar-refractivity contribution >= 4 is 0 Å². The van der Waals surface area contributed by atoms with Gasteiger partial charge in [0.1, 0.15) is 13.1 Å². The van der Waals surface area contributed by atoms with Crippen LogP contribution in [0.25, 0.3) is 0 Å². The monoisotopic (exact) mass is 509 g/mol. The van der Waals surface area contributed by atoms with Crippen LogP contribution in [-0.2, 0) is 0 Å². The molecule has 0 aromatic carbocycles. The molecule has 5 nitrogen and oxygen atoms in total. The van der Waals surface area contributed by atoms with E-state index in [9.17, 15) is 0 Å². The fourth-order valence-corrected chi connectivity index (χ4v) is 4.99. The Morgan fingerprint density at radius 1 is 0.353 bits per heavy atom. The molecule has 0 bridgehead atoms. The van der Waals surface area contributed by atoms with Crippen LogP contribution in [0.1, 0.15) is 128 Å². The van der Waals surface area contributed by atoms with Crippen molar-refractivity contribution in [3.05, 3.63) is 0 Å². The van der Waals surface area contributed by atoms with Gasteiger partial charge in [0, 0.05) is 13.2 Å². The number of hydrogen-bond donors (Lipinski definition) is 5. The molecule has 0 fully saturated rings. The van der Waals surface area contributed by atoms with Crippen molar-refractivity contribution in [2.45, 2.75) is 128 Å². The Morgan fingerprint density at radius 2 is 0.676 bits per heavy atom. The van der Waals surface area contributed by atoms with Crippen LogP contribution < -0.4 is 17.3 Å². The Balaban J connectivity index is 0. The van der Waals surface area contributed by atoms with E-state index in [2.05, 4.69) is 0 Å². The van der Waals surface area contributed by atoms with Crippen LogP contribution >= 0.6 is 0 Å². The van der Waals surface area contributed by atoms with Gasteiger partial charge in [-0.15, -0.1) is 0 Å². The molecule has 0 aromatic heterocycles. The number of aliphatic hydroxyl groups excluding tert-OH is 4. The van der Waals surface area contributed by atoms with Crippen LogP contribution in [0.5, 0.6) is 0 Å². The Morgan fingerprint density at radius 3 is 1.03 bits per heavy atom. The average molecular weight is 510 g/mol. The lowest BCUT2D eigenvalue weighted by molar-refractivity contribution is -0.901. The first kappa shape index (κ1) is 36.2. The molecule has 0 saturated carbocycles. The molecule has 0 aliphatic heterocycles. The summed E-state index contributed by atoms with van der Waals surface area (Å²) in [7, 11) is 0. The fourth-order valence-electron chi connectivity index (χ4n) is 4.99. The summed E-state index contributed by atoms with van der Waals surface area (Å²) in [5, 5.41) is 36.2. The summed E-state index contributed by atoms with van der Waals surface area (Å²) in [6, 6.07) is 0. The van der Waals surface area contributed by atoms with Crippen molar-refractivity contribution < 1.29 is 37.7 Å². The molecule has 0 spiro atoms. The third kappa shape index (κ3) is 26.7. The summed E-state index contributed by atoms with van der Waals surface area (Å²) in [4.78, 5) is 1.33. The number of hydrogen-bond acceptors (Lipinski definition) is 4. The molecule has 0 aliphatic carbocycles. The number of unbranched alkanes of at least 4 members (excludes halogenated alkanes) is 14. The molecule has 0 amide bonds. The molecule has 0 aliphatic rings. The summed E-state index contributed by atoms with van der Waals surface area (Å²) in [6.07, 6.45) is 25.7. The molecule has 0 unspecified atom stereocenters. The minimum absolute atomic E-state index is 0. The van der Waals surface area contributed by atoms with Crippen LogP contribution in [0.3, 0.4) is 0 Å². The van der Waals surface area contributed by atoms with Crippen molar-refractivity contribution in [3.63, 3.8) is 0 Å². The van der Waals surface area contributed by atoms with Gasteiger partial charge in [0.2, 0.25) is 0 Å². The van der Waals surface area contributed by atoms with Gasteiger partial charge in [-0.1, -0.05) is 89.9 Å². The van der Waals surface area contributed by atoms with Crippen LogP contribution in [-0.4, -0.2) is 66.5 Å². The molecular formula is C28H60ClNO4. The fraction of sp³-hybridized carbons (Fsp3) is 1.00. The van der Waals surface area contributed by atoms with Gasteiger partial charge in [0.05, 0.1) is 19.8 Å². The number of quaternary nitrogens is 1. The highest BCUT2D eigenvalue weighted by atomic mass is 35.5. The number of halogens is 1. The predicted octanol–water partition coefficient (Wildman–Crippen LogP) is 1.26. The summed E-state index contributed by atoms with van der Waals surface area (Å²) in [6.45, 7) is 3.64. The maximum Gasteiger partial charge on any atom is 0.101 e. The highest BCUT2D eigenvalue weighted by molar-refractivity contribution is 4.61. The van der Waals surface area contributed by atoms with Crippen molar-refractivity contribution in [3.8, 4) is 0 Å². The van der Waals surface area contributed by atoms with Crippen LogP contribution in [0, 0.1) is 5.92 Å². The van der Waals surface area contributed by atoms with Crippen LogP contribution in [0.4, 0.5) is 0 Å². The summed E-state index contributed by atoms with van der Waals surface area (Å²) in [5.41, 5.74) is 0. The molecule has 0 atom stereocenters. The number of aliphatic hydroxyl groups is 4. The SMILES string of the molecule is OCCCC(CCCO)CCCCCCCCCCCCCCCCC[NH+](CCO)CCO.[Cl-]. The average Bonchev–Trinajstić information content (AvgIpc) is 2.82. The second-order valence-corrected chi connectivity index (χ2v) is 10.1. The number of rotatable bonds is 28. The maximum atomic E-state index is 9.04. The third-order valence-corrected chi connectivity index (χ3v) is 7.11. The number of nitrogens with one attached hydrogen (secondary N) is 1. The lowest BCUT2D eigenvalue weighted by atomic mass is 9.91. The van der Waals surface area contributed by atoms with Gasteiger partial charge in [0.15, 0.2) is 0 Å². The standard InChI is InChI=1S/C28H59NO4.ClH/c30-24-16-19-28(20-17-25-31)18-14-12-10-8-6-4-2-1-3-5-7-9-11-13-15-21-29(22-26-32)23-27-33;/h28,30-33H,1-27H2;1H. The van der Waals surface area contributed by atoms with Crippen molar-refractivity contribution in [1.82, 2.24) is 0 Å². The Hall–Kier alpha value is 0.0900. The van der Waals surface area contributed by atoms with Crippen LogP contribution in [0.2, 0.25) is 0 Å². The normalized spacial score (nSPS) is 11.5. The first-order valence-electron chi connectivity index (χ1n) is 14.6. The summed E-state index contributed by atoms with van der Waals surface area (Å²) in [5.74, 6) is 0.699. The van der Waals surface area contributed by atoms with Crippen LogP contribution in [0.15, 0.2) is 0 Å². The van der Waals surface area contributed by atoms with Gasteiger partial charge in [-0.2, -0.15) is 0 Å². The van der Waals surface area contributed by atoms with E-state index >= 15 is 0 Å². The topological polar surface area (TPSA) is 85.4 Å². The quantitative estimate of drug-likeness (QED) is 0.103. The first-order chi connectivity index (χ1) is 16.3. The third-order valence-electron chi connectivity index (χ3n) is 7.11. The van der Waals surface area contributed by atoms with E-state index in [1.165, 1.54) is 108 Å². The highest BCUT2D eigenvalue weighted by Gasteiger charge is 2.08. The van der Waals surface area contributed by atoms with Gasteiger partial charge in [-0.3, -0.25) is 0 Å². The minimum atomic E-state index is 0. The van der Waals surface area contributed by atoms with E-state index < -0.39 is 0 Å². The predicted molar refractivity (Wildman–Crippen MR) is 140 cm³/mol. The molecule has 34 heavy (non-hydrogen) atoms. The zero-order valence-corrected chi connectivity index (χ0v) is 23.1. The lowest BCUT2D eigenvalue weighted by Crippen LogP contribution is -3.13. The molecule has 0 radical (unpaired) electrons. The largest absolute Gasteiger partial charge is 1.00 e. The lowest BCUT2D eigenvalue weighted by Gasteiger charge is -2.17. The summed E-state index contributed by atoms with van der Waals surface area (Å²) >= 11 is 0. The summed E-state index contributed by atoms with van der Waals surface area (Å²) < 4.78 is 0. The van der Waals surface area contributed by atoms with E-state index in [1.807, 2.05) is 0 Å². The highest BCUT2D eigenvalue weighted by Crippen LogP contribution is 2.21. The Kier molecular flexibility index (Phi) is 33.2. The van der Waals surface area contributed by atoms with Gasteiger partial charge >= 0.3 is 0 Å². The van der Waals surface area contributed by atoms with Gasteiger partial charge < -0.3 is 37.7 Å². The Bertz CT molecular complexity index is 349. The maximum absolute atomic E-state index is 9.04. The van der Waals surface area contributed by atoms with Crippen molar-refractivity contribution in [1.29, 1.82) is 0 Å². The molecule has 6 heteroatoms. The second kappa shape index (κ2) is 31.1. The first-order valence-corrected chi connectivity index (χ1v) is 14.6. The second-order valence-electron chi connectivity index (χ2n) is 10.1. The zero-order valence-electron chi connectivity index (χ0n) is 22.3. The van der Waals surface area contributed by atoms with E-state index in [0.29, 0.717) is 19.1 Å². The zero-order chi connectivity index (χ0) is 24.2. The van der Waals surface area contributed by atoms with Gasteiger partial charge in [-0.25, -0.2) is 0 Å². The van der Waals surface area contributed by atoms with Gasteiger partial charge in [0.25, 0.3) is 0 Å². The molecule has 0 rings (SSSR count). The van der Waals surface area contributed by atoms with E-state index in [0.717, 1.165) is 45.3 Å². The van der Waals surface area contributed by atoms with E-state index in [4.69, 9.17) is 20.4 Å². The van der Waals surface area contributed by atoms with E-state index in [1.54, 1.807) is 0 Å². The van der Waals surface area contributed by atoms with E-state index in [-0.39, 0.29) is 25.6 Å². The van der Waals surface area contributed by atoms with Crippen molar-refractivity contribution in [2.75, 3.05) is 46.1 Å². The molecule has 0 heterocycles. The molecule has 208 valence electrons. The molecule has 5 N–H and O–H groups in total. The molecule has 0 aromatic rings. The van der Waals surface area contributed by atoms with Crippen molar-refractivity contribution in [2.24, 2.45) is 5.92 Å². The smallest absolute Gasteiger partial charge is 0.101 e. The van der Waals surface area contributed by atoms with Gasteiger partial charge in [-0.05, 0) is 44.4 Å². The molecule has 0 saturated heterocycles. The molecular weight excluding hydrogens is 450 g/mol.